The first-order valence-corrected chi connectivity index (χ1v) is 15.8. The van der Waals surface area contributed by atoms with E-state index < -0.39 is 64.5 Å². The number of Topliss-reactive ketones (excluding diaryl/α,β-unsaturated/α-hetero) is 2. The lowest BCUT2D eigenvalue weighted by Crippen LogP contribution is -2.62. The van der Waals surface area contributed by atoms with Crippen LogP contribution in [-0.2, 0) is 24.0 Å². The molecule has 0 aromatic heterocycles. The Morgan fingerprint density at radius 1 is 0.932 bits per heavy atom. The Balaban J connectivity index is 2.34. The maximum atomic E-state index is 14.2. The number of nitrogens with zero attached hydrogens (tertiary/aromatic N) is 1. The van der Waals surface area contributed by atoms with Gasteiger partial charge in [-0.3, -0.25) is 24.0 Å². The summed E-state index contributed by atoms with van der Waals surface area (Å²) in [6.07, 6.45) is 2.28. The molecule has 1 unspecified atom stereocenters. The molecule has 11 nitrogen and oxygen atoms in total. The van der Waals surface area contributed by atoms with Gasteiger partial charge in [0.25, 0.3) is 5.91 Å². The number of carbonyl (C=O) groups is 6. The Morgan fingerprint density at radius 3 is 1.95 bits per heavy atom. The van der Waals surface area contributed by atoms with Crippen molar-refractivity contribution in [2.24, 2.45) is 34.0 Å². The molecular weight excluding hydrogens is 562 g/mol. The van der Waals surface area contributed by atoms with Gasteiger partial charge >= 0.3 is 6.03 Å². The van der Waals surface area contributed by atoms with Crippen LogP contribution in [0.3, 0.4) is 0 Å². The van der Waals surface area contributed by atoms with Gasteiger partial charge in [-0.2, -0.15) is 0 Å². The number of ketones is 2. The fourth-order valence-corrected chi connectivity index (χ4v) is 6.20. The van der Waals surface area contributed by atoms with Gasteiger partial charge in [0.1, 0.15) is 12.1 Å². The molecule has 0 radical (unpaired) electrons. The molecule has 0 spiro atoms. The van der Waals surface area contributed by atoms with Crippen LogP contribution in [-0.4, -0.2) is 77.5 Å². The van der Waals surface area contributed by atoms with E-state index in [1.54, 1.807) is 13.8 Å². The van der Waals surface area contributed by atoms with Crippen molar-refractivity contribution in [2.75, 3.05) is 13.1 Å². The van der Waals surface area contributed by atoms with Crippen LogP contribution < -0.4 is 21.3 Å². The van der Waals surface area contributed by atoms with Crippen LogP contribution in [0.1, 0.15) is 89.0 Å². The van der Waals surface area contributed by atoms with Crippen LogP contribution in [0.2, 0.25) is 0 Å². The molecule has 4 N–H and O–H groups in total. The number of fused-ring (bicyclic) bond motifs is 1. The van der Waals surface area contributed by atoms with Crippen molar-refractivity contribution in [1.82, 2.24) is 26.2 Å². The molecule has 5 amide bonds. The van der Waals surface area contributed by atoms with Crippen LogP contribution in [0.25, 0.3) is 0 Å². The third-order valence-corrected chi connectivity index (χ3v) is 8.98. The van der Waals surface area contributed by atoms with E-state index >= 15 is 0 Å². The molecule has 1 aliphatic carbocycles. The topological polar surface area (TPSA) is 154 Å². The lowest BCUT2D eigenvalue weighted by molar-refractivity contribution is -0.145. The molecule has 248 valence electrons. The molecule has 1 heterocycles. The van der Waals surface area contributed by atoms with Gasteiger partial charge < -0.3 is 26.2 Å². The second-order valence-electron chi connectivity index (χ2n) is 15.4. The van der Waals surface area contributed by atoms with Crippen molar-refractivity contribution in [1.29, 1.82) is 0 Å². The molecule has 1 aliphatic heterocycles. The van der Waals surface area contributed by atoms with E-state index in [9.17, 15) is 28.8 Å². The minimum Gasteiger partial charge on any atom is -0.346 e. The number of amides is 5. The average Bonchev–Trinajstić information content (AvgIpc) is 3.22. The van der Waals surface area contributed by atoms with E-state index in [1.165, 1.54) is 11.0 Å². The first-order valence-electron chi connectivity index (χ1n) is 15.8. The number of hydrogen-bond donors (Lipinski definition) is 4. The molecule has 0 aromatic rings. The average molecular weight is 618 g/mol. The maximum absolute atomic E-state index is 14.2. The molecule has 2 fully saturated rings. The van der Waals surface area contributed by atoms with Gasteiger partial charge in [-0.1, -0.05) is 88.7 Å². The second kappa shape index (κ2) is 13.8. The zero-order valence-corrected chi connectivity index (χ0v) is 28.6. The van der Waals surface area contributed by atoms with Crippen LogP contribution in [0.5, 0.6) is 0 Å². The minimum atomic E-state index is -1.04. The summed E-state index contributed by atoms with van der Waals surface area (Å²) in [5.74, 6) is -2.94. The minimum absolute atomic E-state index is 0.0711. The van der Waals surface area contributed by atoms with Gasteiger partial charge in [-0.15, -0.1) is 6.58 Å². The summed E-state index contributed by atoms with van der Waals surface area (Å²) in [7, 11) is 0. The number of carbonyl (C=O) groups excluding carboxylic acids is 6. The van der Waals surface area contributed by atoms with E-state index in [0.29, 0.717) is 13.0 Å². The van der Waals surface area contributed by atoms with Crippen LogP contribution >= 0.6 is 0 Å². The molecule has 6 atom stereocenters. The van der Waals surface area contributed by atoms with Crippen LogP contribution in [0.4, 0.5) is 4.79 Å². The maximum Gasteiger partial charge on any atom is 0.316 e. The normalized spacial score (nSPS) is 22.6. The lowest BCUT2D eigenvalue weighted by atomic mass is 9.81. The SMILES string of the molecule is C=CCNC(=O)C(=O)C(CCC)NC(=O)[C@@H]1[C@@H]2[C@H](CN1C(=O)[C@@H](NC(=O)N[C@H](C(=O)C(C)C)C(C)(C)C)C(C)(C)C)C2(C)C. The van der Waals surface area contributed by atoms with Crippen LogP contribution in [0.15, 0.2) is 12.7 Å². The standard InChI is InChI=1S/C33H55N5O6/c1-13-15-20(24(40)28(42)34-16-14-2)35-27(41)22-21-19(33(21,11)12)17-38(22)29(43)26(32(8,9)10)37-30(44)36-25(31(5,6)7)23(39)18(3)4/h14,18-22,25-26H,2,13,15-17H2,1,3-12H3,(H,34,42)(H,35,41)(H2,36,37,44)/t19-,20?,21-,22-,25+,26+/m0/s1. The number of piperidine rings is 1. The fraction of sp³-hybridized carbons (Fsp3) is 0.758. The molecule has 2 rings (SSSR count). The van der Waals surface area contributed by atoms with E-state index in [2.05, 4.69) is 27.8 Å². The lowest BCUT2D eigenvalue weighted by Gasteiger charge is -2.38. The Bertz CT molecular complexity index is 1150. The predicted octanol–water partition coefficient (Wildman–Crippen LogP) is 2.98. The van der Waals surface area contributed by atoms with Crippen LogP contribution in [0, 0.1) is 34.0 Å². The molecule has 1 saturated heterocycles. The molecular formula is C33H55N5O6. The predicted molar refractivity (Wildman–Crippen MR) is 169 cm³/mol. The smallest absolute Gasteiger partial charge is 0.316 e. The second-order valence-corrected chi connectivity index (χ2v) is 15.4. The molecule has 0 aromatic carbocycles. The highest BCUT2D eigenvalue weighted by Crippen LogP contribution is 2.65. The third-order valence-electron chi connectivity index (χ3n) is 8.98. The van der Waals surface area contributed by atoms with Gasteiger partial charge in [-0.05, 0) is 34.5 Å². The quantitative estimate of drug-likeness (QED) is 0.184. The highest BCUT2D eigenvalue weighted by Gasteiger charge is 2.70. The van der Waals surface area contributed by atoms with Crippen molar-refractivity contribution in [3.8, 4) is 0 Å². The first-order chi connectivity index (χ1) is 20.1. The van der Waals surface area contributed by atoms with Crippen molar-refractivity contribution in [2.45, 2.75) is 113 Å². The Hall–Kier alpha value is -3.24. The summed E-state index contributed by atoms with van der Waals surface area (Å²) in [4.78, 5) is 81.1. The number of hydrogen-bond acceptors (Lipinski definition) is 6. The summed E-state index contributed by atoms with van der Waals surface area (Å²) in [5.41, 5.74) is -1.48. The van der Waals surface area contributed by atoms with Crippen molar-refractivity contribution in [3.05, 3.63) is 12.7 Å². The summed E-state index contributed by atoms with van der Waals surface area (Å²) in [5, 5.41) is 10.9. The summed E-state index contributed by atoms with van der Waals surface area (Å²) in [6.45, 7) is 24.6. The third kappa shape index (κ3) is 8.27. The Kier molecular flexibility index (Phi) is 11.6. The molecule has 2 aliphatic rings. The molecule has 44 heavy (non-hydrogen) atoms. The first kappa shape index (κ1) is 36.9. The van der Waals surface area contributed by atoms with Gasteiger partial charge in [0.05, 0.1) is 12.1 Å². The number of nitrogens with one attached hydrogen (secondary N) is 4. The number of urea groups is 1. The monoisotopic (exact) mass is 617 g/mol. The zero-order valence-electron chi connectivity index (χ0n) is 28.6. The summed E-state index contributed by atoms with van der Waals surface area (Å²) < 4.78 is 0. The van der Waals surface area contributed by atoms with E-state index in [1.807, 2.05) is 62.3 Å². The molecule has 1 saturated carbocycles. The number of rotatable bonds is 13. The van der Waals surface area contributed by atoms with Crippen molar-refractivity contribution >= 4 is 35.3 Å². The summed E-state index contributed by atoms with van der Waals surface area (Å²) in [6, 6.07) is -4.33. The van der Waals surface area contributed by atoms with Crippen molar-refractivity contribution in [3.63, 3.8) is 0 Å². The van der Waals surface area contributed by atoms with Crippen molar-refractivity contribution < 1.29 is 28.8 Å². The highest BCUT2D eigenvalue weighted by molar-refractivity contribution is 6.38. The zero-order chi connectivity index (χ0) is 33.9. The highest BCUT2D eigenvalue weighted by atomic mass is 16.2. The number of likely N-dealkylation sites (tertiary alicyclic amines) is 1. The van der Waals surface area contributed by atoms with Gasteiger partial charge in [-0.25, -0.2) is 4.79 Å². The fourth-order valence-electron chi connectivity index (χ4n) is 6.20. The largest absolute Gasteiger partial charge is 0.346 e. The van der Waals surface area contributed by atoms with Gasteiger partial charge in [0.15, 0.2) is 5.78 Å². The Labute approximate surface area is 263 Å². The molecule has 11 heteroatoms. The van der Waals surface area contributed by atoms with E-state index in [-0.39, 0.29) is 41.9 Å². The van der Waals surface area contributed by atoms with E-state index in [4.69, 9.17) is 0 Å². The van der Waals surface area contributed by atoms with Gasteiger partial charge in [0, 0.05) is 19.0 Å². The Morgan fingerprint density at radius 2 is 1.48 bits per heavy atom. The molecule has 0 bridgehead atoms. The summed E-state index contributed by atoms with van der Waals surface area (Å²) >= 11 is 0. The van der Waals surface area contributed by atoms with Gasteiger partial charge in [0.2, 0.25) is 17.6 Å². The van der Waals surface area contributed by atoms with E-state index in [0.717, 1.165) is 0 Å².